The molecule has 2 aromatic rings. The molecule has 0 amide bonds. The van der Waals surface area contributed by atoms with E-state index in [-0.39, 0.29) is 17.3 Å². The minimum absolute atomic E-state index is 0.00898. The summed E-state index contributed by atoms with van der Waals surface area (Å²) in [5.41, 5.74) is 6.09. The Kier molecular flexibility index (Phi) is 5.00. The third-order valence-corrected chi connectivity index (χ3v) is 4.17. The van der Waals surface area contributed by atoms with Crippen LogP contribution in [0.25, 0.3) is 0 Å². The van der Waals surface area contributed by atoms with Crippen molar-refractivity contribution in [2.75, 3.05) is 0 Å². The molecule has 0 radical (unpaired) electrons. The van der Waals surface area contributed by atoms with Crippen LogP contribution < -0.4 is 5.73 Å². The van der Waals surface area contributed by atoms with E-state index in [9.17, 15) is 4.39 Å². The molecule has 1 atom stereocenters. The Balaban J connectivity index is 1.91. The molecule has 6 heteroatoms. The fraction of sp³-hybridized carbons (Fsp3) is 0.467. The first kappa shape index (κ1) is 16.0. The van der Waals surface area contributed by atoms with Crippen molar-refractivity contribution in [2.24, 2.45) is 11.1 Å². The number of hydrogen-bond donors (Lipinski definition) is 1. The van der Waals surface area contributed by atoms with E-state index in [0.29, 0.717) is 23.9 Å². The van der Waals surface area contributed by atoms with Crippen LogP contribution in [0.1, 0.15) is 32.5 Å². The van der Waals surface area contributed by atoms with E-state index in [2.05, 4.69) is 30.9 Å². The molecule has 21 heavy (non-hydrogen) atoms. The first-order valence-corrected chi connectivity index (χ1v) is 7.78. The van der Waals surface area contributed by atoms with Crippen LogP contribution in [0.4, 0.5) is 4.39 Å². The van der Waals surface area contributed by atoms with Gasteiger partial charge in [-0.2, -0.15) is 4.98 Å². The summed E-state index contributed by atoms with van der Waals surface area (Å²) in [6, 6.07) is 6.40. The summed E-state index contributed by atoms with van der Waals surface area (Å²) < 4.78 is 18.3. The molecular formula is C15H20FN3OS. The van der Waals surface area contributed by atoms with Gasteiger partial charge >= 0.3 is 0 Å². The third kappa shape index (κ3) is 4.82. The number of aromatic nitrogens is 2. The highest BCUT2D eigenvalue weighted by Gasteiger charge is 2.23. The average molecular weight is 309 g/mol. The van der Waals surface area contributed by atoms with Crippen LogP contribution in [0.15, 0.2) is 33.7 Å². The fourth-order valence-electron chi connectivity index (χ4n) is 1.63. The molecule has 0 aliphatic rings. The maximum atomic E-state index is 13.1. The number of nitrogens with zero attached hydrogens (tertiary/aromatic N) is 2. The molecule has 0 saturated carbocycles. The van der Waals surface area contributed by atoms with Crippen molar-refractivity contribution in [3.05, 3.63) is 41.8 Å². The van der Waals surface area contributed by atoms with Gasteiger partial charge in [-0.1, -0.05) is 32.0 Å². The summed E-state index contributed by atoms with van der Waals surface area (Å²) in [7, 11) is 0. The second kappa shape index (κ2) is 6.58. The Labute approximate surface area is 128 Å². The fourth-order valence-corrected chi connectivity index (χ4v) is 2.41. The molecule has 1 aromatic carbocycles. The molecule has 2 rings (SSSR count). The van der Waals surface area contributed by atoms with Crippen molar-refractivity contribution in [3.63, 3.8) is 0 Å². The van der Waals surface area contributed by atoms with Gasteiger partial charge < -0.3 is 10.3 Å². The van der Waals surface area contributed by atoms with E-state index in [1.54, 1.807) is 6.07 Å². The second-order valence-corrected chi connectivity index (χ2v) is 7.08. The van der Waals surface area contributed by atoms with Crippen molar-refractivity contribution in [1.82, 2.24) is 10.1 Å². The minimum Gasteiger partial charge on any atom is -0.339 e. The third-order valence-electron chi connectivity index (χ3n) is 3.18. The van der Waals surface area contributed by atoms with Crippen molar-refractivity contribution >= 4 is 11.8 Å². The van der Waals surface area contributed by atoms with Crippen LogP contribution >= 0.6 is 11.8 Å². The van der Waals surface area contributed by atoms with E-state index in [0.717, 1.165) is 4.90 Å². The Morgan fingerprint density at radius 1 is 1.38 bits per heavy atom. The Bertz CT molecular complexity index is 595. The number of benzene rings is 1. The van der Waals surface area contributed by atoms with Gasteiger partial charge in [0.15, 0.2) is 5.82 Å². The zero-order chi connectivity index (χ0) is 15.5. The highest BCUT2D eigenvalue weighted by atomic mass is 32.2. The number of halogens is 1. The maximum absolute atomic E-state index is 13.1. The summed E-state index contributed by atoms with van der Waals surface area (Å²) in [5, 5.41) is 3.93. The molecular weight excluding hydrogens is 289 g/mol. The van der Waals surface area contributed by atoms with Gasteiger partial charge in [0, 0.05) is 17.4 Å². The van der Waals surface area contributed by atoms with Crippen LogP contribution in [0, 0.1) is 11.2 Å². The molecule has 0 aliphatic heterocycles. The van der Waals surface area contributed by atoms with Gasteiger partial charge in [-0.05, 0) is 23.6 Å². The van der Waals surface area contributed by atoms with Gasteiger partial charge in [-0.15, -0.1) is 11.8 Å². The van der Waals surface area contributed by atoms with E-state index >= 15 is 0 Å². The van der Waals surface area contributed by atoms with Crippen molar-refractivity contribution in [2.45, 2.75) is 43.9 Å². The van der Waals surface area contributed by atoms with Crippen LogP contribution in [0.3, 0.4) is 0 Å². The molecule has 1 heterocycles. The lowest BCUT2D eigenvalue weighted by molar-refractivity contribution is 0.285. The predicted molar refractivity (Wildman–Crippen MR) is 81.4 cm³/mol. The quantitative estimate of drug-likeness (QED) is 0.857. The molecule has 0 spiro atoms. The SMILES string of the molecule is CC(C)(C)C(N)Cc1nc(CSc2cccc(F)c2)no1. The molecule has 0 bridgehead atoms. The number of thioether (sulfide) groups is 1. The standard InChI is InChI=1S/C15H20FN3OS/c1-15(2,3)12(17)8-14-18-13(19-20-14)9-21-11-6-4-5-10(16)7-11/h4-7,12H,8-9,17H2,1-3H3. The lowest BCUT2D eigenvalue weighted by atomic mass is 9.85. The molecule has 2 N–H and O–H groups in total. The van der Waals surface area contributed by atoms with E-state index in [1.165, 1.54) is 23.9 Å². The smallest absolute Gasteiger partial charge is 0.228 e. The van der Waals surface area contributed by atoms with Crippen LogP contribution in [0.5, 0.6) is 0 Å². The molecule has 0 aliphatic carbocycles. The highest BCUT2D eigenvalue weighted by Crippen LogP contribution is 2.23. The van der Waals surface area contributed by atoms with Gasteiger partial charge in [0.2, 0.25) is 5.89 Å². The molecule has 0 saturated heterocycles. The normalized spacial score (nSPS) is 13.4. The largest absolute Gasteiger partial charge is 0.339 e. The zero-order valence-electron chi connectivity index (χ0n) is 12.5. The summed E-state index contributed by atoms with van der Waals surface area (Å²) in [6.07, 6.45) is 0.557. The topological polar surface area (TPSA) is 64.9 Å². The first-order valence-electron chi connectivity index (χ1n) is 6.80. The Morgan fingerprint density at radius 2 is 2.14 bits per heavy atom. The van der Waals surface area contributed by atoms with Crippen molar-refractivity contribution in [1.29, 1.82) is 0 Å². The number of nitrogens with two attached hydrogens (primary N) is 1. The van der Waals surface area contributed by atoms with Gasteiger partial charge in [0.25, 0.3) is 0 Å². The first-order chi connectivity index (χ1) is 9.84. The van der Waals surface area contributed by atoms with E-state index < -0.39 is 0 Å². The van der Waals surface area contributed by atoms with Gasteiger partial charge in [0.1, 0.15) is 5.82 Å². The molecule has 1 unspecified atom stereocenters. The maximum Gasteiger partial charge on any atom is 0.228 e. The van der Waals surface area contributed by atoms with Crippen LogP contribution in [-0.2, 0) is 12.2 Å². The highest BCUT2D eigenvalue weighted by molar-refractivity contribution is 7.98. The van der Waals surface area contributed by atoms with Crippen molar-refractivity contribution in [3.8, 4) is 0 Å². The predicted octanol–water partition coefficient (Wildman–Crippen LogP) is 3.42. The Hall–Kier alpha value is -1.40. The molecule has 1 aromatic heterocycles. The molecule has 0 fully saturated rings. The minimum atomic E-state index is -0.245. The molecule has 114 valence electrons. The second-order valence-electron chi connectivity index (χ2n) is 6.03. The van der Waals surface area contributed by atoms with E-state index in [4.69, 9.17) is 10.3 Å². The summed E-state index contributed by atoms with van der Waals surface area (Å²) >= 11 is 1.47. The lowest BCUT2D eigenvalue weighted by Crippen LogP contribution is -2.36. The number of rotatable bonds is 5. The van der Waals surface area contributed by atoms with E-state index in [1.807, 2.05) is 6.07 Å². The Morgan fingerprint density at radius 3 is 2.81 bits per heavy atom. The van der Waals surface area contributed by atoms with Gasteiger partial charge in [-0.25, -0.2) is 4.39 Å². The molecule has 4 nitrogen and oxygen atoms in total. The lowest BCUT2D eigenvalue weighted by Gasteiger charge is -2.25. The van der Waals surface area contributed by atoms with Crippen LogP contribution in [0.2, 0.25) is 0 Å². The summed E-state index contributed by atoms with van der Waals surface area (Å²) in [4.78, 5) is 5.17. The van der Waals surface area contributed by atoms with Gasteiger partial charge in [0.05, 0.1) is 5.75 Å². The summed E-state index contributed by atoms with van der Waals surface area (Å²) in [5.74, 6) is 1.44. The average Bonchev–Trinajstić information content (AvgIpc) is 2.83. The zero-order valence-corrected chi connectivity index (χ0v) is 13.3. The monoisotopic (exact) mass is 309 g/mol. The number of hydrogen-bond acceptors (Lipinski definition) is 5. The summed E-state index contributed by atoms with van der Waals surface area (Å²) in [6.45, 7) is 6.23. The van der Waals surface area contributed by atoms with Crippen LogP contribution in [-0.4, -0.2) is 16.2 Å². The van der Waals surface area contributed by atoms with Gasteiger partial charge in [-0.3, -0.25) is 0 Å². The van der Waals surface area contributed by atoms with Crippen molar-refractivity contribution < 1.29 is 8.91 Å².